The molecule has 0 atom stereocenters. The molecule has 0 bridgehead atoms. The van der Waals surface area contributed by atoms with Gasteiger partial charge >= 0.3 is 0 Å². The lowest BCUT2D eigenvalue weighted by Crippen LogP contribution is -2.36. The summed E-state index contributed by atoms with van der Waals surface area (Å²) in [5.41, 5.74) is 8.13. The molecule has 0 radical (unpaired) electrons. The van der Waals surface area contributed by atoms with Gasteiger partial charge in [-0.25, -0.2) is 0 Å². The van der Waals surface area contributed by atoms with E-state index in [1.807, 2.05) is 19.1 Å². The Hall–Kier alpha value is -1.55. The number of carbonyl (C=O) groups is 1. The monoisotopic (exact) mass is 275 g/mol. The Labute approximate surface area is 121 Å². The molecule has 0 spiro atoms. The maximum Gasteiger partial charge on any atom is 0.248 e. The summed E-state index contributed by atoms with van der Waals surface area (Å²) < 4.78 is 0. The summed E-state index contributed by atoms with van der Waals surface area (Å²) in [6.07, 6.45) is 2.49. The quantitative estimate of drug-likeness (QED) is 0.863. The largest absolute Gasteiger partial charge is 0.372 e. The van der Waals surface area contributed by atoms with E-state index in [1.54, 1.807) is 0 Å². The second-order valence-electron chi connectivity index (χ2n) is 5.60. The predicted molar refractivity (Wildman–Crippen MR) is 83.2 cm³/mol. The number of amides is 1. The van der Waals surface area contributed by atoms with Crippen molar-refractivity contribution in [3.8, 4) is 0 Å². The molecule has 3 N–H and O–H groups in total. The zero-order valence-corrected chi connectivity index (χ0v) is 12.5. The van der Waals surface area contributed by atoms with Gasteiger partial charge in [0.2, 0.25) is 5.91 Å². The number of nitrogens with one attached hydrogen (secondary N) is 1. The minimum atomic E-state index is -0.351. The van der Waals surface area contributed by atoms with E-state index in [4.69, 9.17) is 5.73 Å². The average molecular weight is 275 g/mol. The SMILES string of the molecule is CCN(CC1CCNCC1)c1ccc(C(N)=O)c(C)c1. The molecule has 1 aromatic rings. The Morgan fingerprint density at radius 2 is 2.10 bits per heavy atom. The van der Waals surface area contributed by atoms with Crippen molar-refractivity contribution in [1.29, 1.82) is 0 Å². The summed E-state index contributed by atoms with van der Waals surface area (Å²) in [6.45, 7) is 8.46. The fourth-order valence-electron chi connectivity index (χ4n) is 2.91. The van der Waals surface area contributed by atoms with Gasteiger partial charge in [0.15, 0.2) is 0 Å². The van der Waals surface area contributed by atoms with Crippen LogP contribution in [0, 0.1) is 12.8 Å². The minimum Gasteiger partial charge on any atom is -0.372 e. The van der Waals surface area contributed by atoms with Crippen LogP contribution in [-0.4, -0.2) is 32.1 Å². The van der Waals surface area contributed by atoms with Gasteiger partial charge in [-0.2, -0.15) is 0 Å². The van der Waals surface area contributed by atoms with E-state index in [9.17, 15) is 4.79 Å². The Bertz CT molecular complexity index is 467. The zero-order chi connectivity index (χ0) is 14.5. The van der Waals surface area contributed by atoms with Crippen LogP contribution in [0.4, 0.5) is 5.69 Å². The molecule has 1 fully saturated rings. The molecule has 0 unspecified atom stereocenters. The Kier molecular flexibility index (Phi) is 5.01. The van der Waals surface area contributed by atoms with Crippen molar-refractivity contribution in [2.24, 2.45) is 11.7 Å². The topological polar surface area (TPSA) is 58.4 Å². The first kappa shape index (κ1) is 14.9. The van der Waals surface area contributed by atoms with Gasteiger partial charge < -0.3 is 16.0 Å². The number of benzene rings is 1. The molecule has 1 saturated heterocycles. The second-order valence-corrected chi connectivity index (χ2v) is 5.60. The summed E-state index contributed by atoms with van der Waals surface area (Å²) >= 11 is 0. The van der Waals surface area contributed by atoms with Crippen LogP contribution in [0.1, 0.15) is 35.7 Å². The average Bonchev–Trinajstić information content (AvgIpc) is 2.45. The maximum atomic E-state index is 11.3. The molecule has 4 heteroatoms. The molecule has 1 amide bonds. The van der Waals surface area contributed by atoms with Crippen LogP contribution in [0.15, 0.2) is 18.2 Å². The Balaban J connectivity index is 2.10. The van der Waals surface area contributed by atoms with E-state index in [2.05, 4.69) is 23.2 Å². The number of nitrogens with zero attached hydrogens (tertiary/aromatic N) is 1. The van der Waals surface area contributed by atoms with Crippen LogP contribution >= 0.6 is 0 Å². The van der Waals surface area contributed by atoms with Crippen LogP contribution in [0.25, 0.3) is 0 Å². The van der Waals surface area contributed by atoms with Gasteiger partial charge in [-0.15, -0.1) is 0 Å². The number of nitrogens with two attached hydrogens (primary N) is 1. The molecule has 1 heterocycles. The maximum absolute atomic E-state index is 11.3. The third-order valence-corrected chi connectivity index (χ3v) is 4.16. The van der Waals surface area contributed by atoms with Crippen LogP contribution in [-0.2, 0) is 0 Å². The smallest absolute Gasteiger partial charge is 0.248 e. The molecule has 1 aliphatic heterocycles. The first-order chi connectivity index (χ1) is 9.61. The van der Waals surface area contributed by atoms with Gasteiger partial charge in [-0.1, -0.05) is 0 Å². The number of piperidine rings is 1. The minimum absolute atomic E-state index is 0.351. The highest BCUT2D eigenvalue weighted by Gasteiger charge is 2.17. The Morgan fingerprint density at radius 1 is 1.40 bits per heavy atom. The lowest BCUT2D eigenvalue weighted by atomic mass is 9.97. The summed E-state index contributed by atoms with van der Waals surface area (Å²) in [4.78, 5) is 13.7. The number of aryl methyl sites for hydroxylation is 1. The highest BCUT2D eigenvalue weighted by molar-refractivity contribution is 5.94. The van der Waals surface area contributed by atoms with Crippen molar-refractivity contribution < 1.29 is 4.79 Å². The number of rotatable bonds is 5. The van der Waals surface area contributed by atoms with Gasteiger partial charge in [0.05, 0.1) is 0 Å². The molecule has 0 aliphatic carbocycles. The molecule has 2 rings (SSSR count). The van der Waals surface area contributed by atoms with Crippen LogP contribution in [0.2, 0.25) is 0 Å². The zero-order valence-electron chi connectivity index (χ0n) is 12.5. The van der Waals surface area contributed by atoms with E-state index < -0.39 is 0 Å². The first-order valence-electron chi connectivity index (χ1n) is 7.48. The molecule has 110 valence electrons. The fraction of sp³-hybridized carbons (Fsp3) is 0.562. The standard InChI is InChI=1S/C16H25N3O/c1-3-19(11-13-6-8-18-9-7-13)14-4-5-15(16(17)20)12(2)10-14/h4-5,10,13,18H,3,6-9,11H2,1-2H3,(H2,17,20). The van der Waals surface area contributed by atoms with Crippen molar-refractivity contribution in [3.05, 3.63) is 29.3 Å². The number of hydrogen-bond donors (Lipinski definition) is 2. The molecule has 1 aliphatic rings. The van der Waals surface area contributed by atoms with E-state index >= 15 is 0 Å². The van der Waals surface area contributed by atoms with Crippen molar-refractivity contribution >= 4 is 11.6 Å². The predicted octanol–water partition coefficient (Wildman–Crippen LogP) is 1.92. The molecule has 0 saturated carbocycles. The number of anilines is 1. The van der Waals surface area contributed by atoms with Gasteiger partial charge in [-0.3, -0.25) is 4.79 Å². The summed E-state index contributed by atoms with van der Waals surface area (Å²) in [6, 6.07) is 5.93. The molecular formula is C16H25N3O. The van der Waals surface area contributed by atoms with Crippen molar-refractivity contribution in [1.82, 2.24) is 5.32 Å². The molecule has 20 heavy (non-hydrogen) atoms. The second kappa shape index (κ2) is 6.75. The van der Waals surface area contributed by atoms with Crippen molar-refractivity contribution in [3.63, 3.8) is 0 Å². The fourth-order valence-corrected chi connectivity index (χ4v) is 2.91. The van der Waals surface area contributed by atoms with Crippen molar-refractivity contribution in [2.45, 2.75) is 26.7 Å². The highest BCUT2D eigenvalue weighted by Crippen LogP contribution is 2.22. The molecule has 4 nitrogen and oxygen atoms in total. The summed E-state index contributed by atoms with van der Waals surface area (Å²) in [5, 5.41) is 3.40. The number of primary amides is 1. The number of hydrogen-bond acceptors (Lipinski definition) is 3. The number of carbonyl (C=O) groups excluding carboxylic acids is 1. The van der Waals surface area contributed by atoms with E-state index in [0.717, 1.165) is 37.7 Å². The van der Waals surface area contributed by atoms with Crippen LogP contribution in [0.5, 0.6) is 0 Å². The van der Waals surface area contributed by atoms with E-state index in [-0.39, 0.29) is 5.91 Å². The van der Waals surface area contributed by atoms with Gasteiger partial charge in [-0.05, 0) is 69.5 Å². The summed E-state index contributed by atoms with van der Waals surface area (Å²) in [5.74, 6) is 0.405. The molecular weight excluding hydrogens is 250 g/mol. The van der Waals surface area contributed by atoms with Gasteiger partial charge in [0.25, 0.3) is 0 Å². The van der Waals surface area contributed by atoms with E-state index in [0.29, 0.717) is 5.56 Å². The van der Waals surface area contributed by atoms with E-state index in [1.165, 1.54) is 18.5 Å². The normalized spacial score (nSPS) is 16.1. The van der Waals surface area contributed by atoms with Gasteiger partial charge in [0.1, 0.15) is 0 Å². The lowest BCUT2D eigenvalue weighted by molar-refractivity contribution is 0.0999. The van der Waals surface area contributed by atoms with Gasteiger partial charge in [0, 0.05) is 24.3 Å². The Morgan fingerprint density at radius 3 is 2.65 bits per heavy atom. The third kappa shape index (κ3) is 3.51. The third-order valence-electron chi connectivity index (χ3n) is 4.16. The lowest BCUT2D eigenvalue weighted by Gasteiger charge is -2.31. The van der Waals surface area contributed by atoms with Crippen LogP contribution in [0.3, 0.4) is 0 Å². The molecule has 1 aromatic carbocycles. The van der Waals surface area contributed by atoms with Crippen LogP contribution < -0.4 is 16.0 Å². The first-order valence-corrected chi connectivity index (χ1v) is 7.48. The highest BCUT2D eigenvalue weighted by atomic mass is 16.1. The van der Waals surface area contributed by atoms with Crippen molar-refractivity contribution in [2.75, 3.05) is 31.1 Å². The summed E-state index contributed by atoms with van der Waals surface area (Å²) in [7, 11) is 0. The molecule has 0 aromatic heterocycles.